The number of nitrogens with one attached hydrogen (secondary N) is 2. The number of aliphatic hydroxyl groups is 1. The number of ether oxygens (including phenoxy) is 1. The van der Waals surface area contributed by atoms with Gasteiger partial charge in [0.15, 0.2) is 5.78 Å². The molecule has 1 aliphatic carbocycles. The van der Waals surface area contributed by atoms with Crippen LogP contribution in [-0.4, -0.2) is 99.1 Å². The van der Waals surface area contributed by atoms with Gasteiger partial charge in [0, 0.05) is 58.0 Å². The van der Waals surface area contributed by atoms with Crippen LogP contribution in [0.5, 0.6) is 0 Å². The number of rotatable bonds is 18. The second-order valence-electron chi connectivity index (χ2n) is 14.4. The summed E-state index contributed by atoms with van der Waals surface area (Å²) in [5.41, 5.74) is 3.98. The zero-order valence-electron chi connectivity index (χ0n) is 27.0. The molecule has 1 fully saturated rings. The van der Waals surface area contributed by atoms with Crippen molar-refractivity contribution in [1.29, 1.82) is 0 Å². The third-order valence-electron chi connectivity index (χ3n) is 7.22. The number of aliphatic carboxylic acids is 1. The Morgan fingerprint density at radius 1 is 0.976 bits per heavy atom. The molecule has 0 aliphatic heterocycles. The molecule has 0 bridgehead atoms. The predicted molar refractivity (Wildman–Crippen MR) is 173 cm³/mol. The molecule has 0 radical (unpaired) electrons. The quantitative estimate of drug-likeness (QED) is 0.145. The molecule has 6 unspecified atom stereocenters. The number of hydrogen-bond acceptors (Lipinski definition) is 9. The predicted octanol–water partition coefficient (Wildman–Crippen LogP) is 2.56. The van der Waals surface area contributed by atoms with Crippen molar-refractivity contribution < 1.29 is 29.3 Å². The number of thioether (sulfide) groups is 2. The van der Waals surface area contributed by atoms with Gasteiger partial charge in [0.05, 0.1) is 11.1 Å². The van der Waals surface area contributed by atoms with Crippen molar-refractivity contribution in [3.8, 4) is 0 Å². The molecule has 1 rings (SSSR count). The third-order valence-corrected chi connectivity index (χ3v) is 10.5. The summed E-state index contributed by atoms with van der Waals surface area (Å²) >= 11 is 3.43. The summed E-state index contributed by atoms with van der Waals surface area (Å²) in [7, 11) is 1.80. The summed E-state index contributed by atoms with van der Waals surface area (Å²) in [6.45, 7) is 17.5. The minimum atomic E-state index is -1.04. The van der Waals surface area contributed by atoms with Crippen LogP contribution in [0.1, 0.15) is 94.4 Å². The van der Waals surface area contributed by atoms with Gasteiger partial charge in [0.25, 0.3) is 0 Å². The van der Waals surface area contributed by atoms with E-state index in [-0.39, 0.29) is 36.3 Å². The Morgan fingerprint density at radius 2 is 1.51 bits per heavy atom. The fourth-order valence-corrected chi connectivity index (χ4v) is 7.82. The molecule has 0 aromatic rings. The summed E-state index contributed by atoms with van der Waals surface area (Å²) in [5, 5.41) is 26.8. The number of carboxylic acid groups (broad SMARTS) is 1. The summed E-state index contributed by atoms with van der Waals surface area (Å²) < 4.78 is 5.97. The fourth-order valence-electron chi connectivity index (χ4n) is 4.56. The molecule has 0 aromatic carbocycles. The van der Waals surface area contributed by atoms with Crippen molar-refractivity contribution in [3.05, 3.63) is 0 Å². The number of hydrogen-bond donors (Lipinski definition) is 5. The van der Waals surface area contributed by atoms with E-state index in [0.29, 0.717) is 29.1 Å². The molecule has 6 atom stereocenters. The highest BCUT2D eigenvalue weighted by atomic mass is 32.2. The molecule has 0 saturated heterocycles. The Balaban J connectivity index is 2.49. The number of ketones is 1. The van der Waals surface area contributed by atoms with Crippen LogP contribution in [-0.2, 0) is 19.1 Å². The molecule has 0 spiro atoms. The smallest absolute Gasteiger partial charge is 0.327 e. The highest BCUT2D eigenvalue weighted by molar-refractivity contribution is 8.04. The van der Waals surface area contributed by atoms with Gasteiger partial charge in [-0.3, -0.25) is 9.59 Å². The van der Waals surface area contributed by atoms with E-state index in [2.05, 4.69) is 31.4 Å². The van der Waals surface area contributed by atoms with Crippen molar-refractivity contribution in [2.24, 2.45) is 11.1 Å². The molecule has 238 valence electrons. The SMILES string of the molecule is BC(O)C(CSC1CCC1SCC(NC(=O)CCC(C)(C)OCCC(C)(N)C(=O)C(C)(C)C)C(=O)O)NC(C)(C)C. The Bertz CT molecular complexity index is 874. The van der Waals surface area contributed by atoms with E-state index in [1.165, 1.54) is 0 Å². The first kappa shape index (κ1) is 38.2. The largest absolute Gasteiger partial charge is 0.480 e. The van der Waals surface area contributed by atoms with Crippen molar-refractivity contribution >= 4 is 49.0 Å². The van der Waals surface area contributed by atoms with Crippen LogP contribution in [0.2, 0.25) is 0 Å². The lowest BCUT2D eigenvalue weighted by Crippen LogP contribution is -2.51. The van der Waals surface area contributed by atoms with Gasteiger partial charge in [-0.2, -0.15) is 23.5 Å². The van der Waals surface area contributed by atoms with Crippen molar-refractivity contribution in [2.75, 3.05) is 18.1 Å². The van der Waals surface area contributed by atoms with Gasteiger partial charge in [0.1, 0.15) is 13.9 Å². The van der Waals surface area contributed by atoms with Gasteiger partial charge >= 0.3 is 5.97 Å². The molecule has 12 heteroatoms. The van der Waals surface area contributed by atoms with E-state index in [1.54, 1.807) is 26.5 Å². The Labute approximate surface area is 257 Å². The standard InChI is InChI=1S/C29H56BN3O6S2/c1-26(2,3)25(38)29(9,31)14-15-39-28(7,8)13-12-22(34)32-19(24(36)37)17-41-21-11-10-20(21)40-16-18(23(30)35)33-27(4,5)6/h18-21,23,33,35H,10-17,30-31H2,1-9H3,(H,32,34)(H,36,37). The molecule has 6 N–H and O–H groups in total. The lowest BCUT2D eigenvalue weighted by molar-refractivity contribution is -0.141. The highest BCUT2D eigenvalue weighted by Gasteiger charge is 2.37. The summed E-state index contributed by atoms with van der Waals surface area (Å²) in [6.07, 6.45) is 2.98. The zero-order valence-corrected chi connectivity index (χ0v) is 28.6. The van der Waals surface area contributed by atoms with Gasteiger partial charge in [-0.15, -0.1) is 0 Å². The van der Waals surface area contributed by atoms with Gasteiger partial charge in [-0.05, 0) is 67.2 Å². The molecule has 1 saturated carbocycles. The lowest BCUT2D eigenvalue weighted by Gasteiger charge is -2.38. The molecule has 9 nitrogen and oxygen atoms in total. The fraction of sp³-hybridized carbons (Fsp3) is 0.897. The molecule has 41 heavy (non-hydrogen) atoms. The molecule has 0 aromatic heterocycles. The molecular weight excluding hydrogens is 561 g/mol. The van der Waals surface area contributed by atoms with E-state index < -0.39 is 34.6 Å². The van der Waals surface area contributed by atoms with Crippen LogP contribution < -0.4 is 16.4 Å². The zero-order chi connectivity index (χ0) is 31.8. The maximum absolute atomic E-state index is 12.6. The first-order valence-electron chi connectivity index (χ1n) is 14.7. The van der Waals surface area contributed by atoms with E-state index in [1.807, 2.05) is 46.4 Å². The Kier molecular flexibility index (Phi) is 14.7. The number of carbonyl (C=O) groups excluding carboxylic acids is 2. The van der Waals surface area contributed by atoms with Gasteiger partial charge in [-0.1, -0.05) is 20.8 Å². The van der Waals surface area contributed by atoms with Crippen LogP contribution in [0.25, 0.3) is 0 Å². The van der Waals surface area contributed by atoms with Crippen molar-refractivity contribution in [1.82, 2.24) is 10.6 Å². The van der Waals surface area contributed by atoms with Gasteiger partial charge < -0.3 is 31.3 Å². The van der Waals surface area contributed by atoms with Crippen LogP contribution >= 0.6 is 23.5 Å². The normalized spacial score (nSPS) is 21.7. The number of aliphatic hydroxyl groups excluding tert-OH is 1. The summed E-state index contributed by atoms with van der Waals surface area (Å²) in [4.78, 5) is 37.1. The minimum absolute atomic E-state index is 0.0173. The van der Waals surface area contributed by atoms with Crippen LogP contribution in [0.3, 0.4) is 0 Å². The number of nitrogens with two attached hydrogens (primary N) is 1. The van der Waals surface area contributed by atoms with E-state index >= 15 is 0 Å². The van der Waals surface area contributed by atoms with E-state index in [9.17, 15) is 24.6 Å². The maximum atomic E-state index is 12.6. The number of carbonyl (C=O) groups is 3. The maximum Gasteiger partial charge on any atom is 0.327 e. The number of amides is 1. The number of carboxylic acids is 1. The average Bonchev–Trinajstić information content (AvgIpc) is 2.78. The topological polar surface area (TPSA) is 151 Å². The van der Waals surface area contributed by atoms with Crippen molar-refractivity contribution in [3.63, 3.8) is 0 Å². The second kappa shape index (κ2) is 15.8. The summed E-state index contributed by atoms with van der Waals surface area (Å²) in [6, 6.07) is -1.44. The Hall–Kier alpha value is -0.785. The average molecular weight is 618 g/mol. The second-order valence-corrected chi connectivity index (χ2v) is 16.9. The van der Waals surface area contributed by atoms with Crippen LogP contribution in [0, 0.1) is 5.41 Å². The Morgan fingerprint density at radius 3 is 1.95 bits per heavy atom. The monoisotopic (exact) mass is 617 g/mol. The highest BCUT2D eigenvalue weighted by Crippen LogP contribution is 2.40. The third kappa shape index (κ3) is 14.5. The van der Waals surface area contributed by atoms with Gasteiger partial charge in [-0.25, -0.2) is 4.79 Å². The summed E-state index contributed by atoms with van der Waals surface area (Å²) in [5.74, 6) is -0.310. The van der Waals surface area contributed by atoms with E-state index in [4.69, 9.17) is 10.5 Å². The first-order chi connectivity index (χ1) is 18.5. The van der Waals surface area contributed by atoms with E-state index in [0.717, 1.165) is 18.6 Å². The lowest BCUT2D eigenvalue weighted by atomic mass is 9.78. The molecule has 0 heterocycles. The van der Waals surface area contributed by atoms with Crippen molar-refractivity contribution in [2.45, 2.75) is 140 Å². The number of Topliss-reactive ketones (excluding diaryl/α,β-unsaturated/α-hetero) is 1. The van der Waals surface area contributed by atoms with Crippen LogP contribution in [0.4, 0.5) is 0 Å². The molecule has 1 amide bonds. The molecule has 1 aliphatic rings. The minimum Gasteiger partial charge on any atom is -0.480 e. The first-order valence-corrected chi connectivity index (χ1v) is 16.8. The van der Waals surface area contributed by atoms with Crippen LogP contribution in [0.15, 0.2) is 0 Å². The van der Waals surface area contributed by atoms with Gasteiger partial charge in [0.2, 0.25) is 5.91 Å². The molecular formula is C29H56BN3O6S2.